The van der Waals surface area contributed by atoms with Crippen LogP contribution in [-0.4, -0.2) is 30.2 Å². The Balaban J connectivity index is 3.48. The van der Waals surface area contributed by atoms with Gasteiger partial charge in [-0.3, -0.25) is 4.79 Å². The summed E-state index contributed by atoms with van der Waals surface area (Å²) in [5.41, 5.74) is 5.30. The minimum atomic E-state index is -0.0922. The van der Waals surface area contributed by atoms with Gasteiger partial charge in [-0.15, -0.1) is 0 Å². The van der Waals surface area contributed by atoms with Gasteiger partial charge in [-0.05, 0) is 25.8 Å². The van der Waals surface area contributed by atoms with Gasteiger partial charge in [0.15, 0.2) is 0 Å². The second-order valence-electron chi connectivity index (χ2n) is 3.10. The van der Waals surface area contributed by atoms with Crippen LogP contribution in [0.25, 0.3) is 0 Å². The molecule has 78 valence electrons. The maximum Gasteiger partial charge on any atom is 0.220 e. The number of amides is 1. The molecule has 1 amide bonds. The van der Waals surface area contributed by atoms with Crippen molar-refractivity contribution in [2.75, 3.05) is 13.2 Å². The van der Waals surface area contributed by atoms with Gasteiger partial charge in [0.25, 0.3) is 0 Å². The van der Waals surface area contributed by atoms with Gasteiger partial charge in [0, 0.05) is 6.42 Å². The molecule has 0 aliphatic heterocycles. The van der Waals surface area contributed by atoms with Crippen molar-refractivity contribution in [3.63, 3.8) is 0 Å². The highest BCUT2D eigenvalue weighted by Gasteiger charge is 2.07. The van der Waals surface area contributed by atoms with Gasteiger partial charge in [0.1, 0.15) is 0 Å². The molecular weight excluding hydrogens is 168 g/mol. The number of hydrogen-bond donors (Lipinski definition) is 3. The Kier molecular flexibility index (Phi) is 7.63. The van der Waals surface area contributed by atoms with Crippen molar-refractivity contribution in [1.29, 1.82) is 0 Å². The zero-order valence-corrected chi connectivity index (χ0v) is 8.25. The molecule has 0 radical (unpaired) electrons. The van der Waals surface area contributed by atoms with Gasteiger partial charge in [-0.2, -0.15) is 0 Å². The van der Waals surface area contributed by atoms with Crippen molar-refractivity contribution in [3.05, 3.63) is 0 Å². The summed E-state index contributed by atoms with van der Waals surface area (Å²) in [6.45, 7) is 2.57. The van der Waals surface area contributed by atoms with Gasteiger partial charge in [0.05, 0.1) is 12.6 Å². The molecule has 0 spiro atoms. The van der Waals surface area contributed by atoms with Crippen molar-refractivity contribution >= 4 is 5.91 Å². The van der Waals surface area contributed by atoms with Crippen LogP contribution in [0, 0.1) is 0 Å². The first-order chi connectivity index (χ1) is 6.24. The van der Waals surface area contributed by atoms with Gasteiger partial charge in [-0.25, -0.2) is 0 Å². The molecule has 0 aromatic carbocycles. The summed E-state index contributed by atoms with van der Waals surface area (Å²) >= 11 is 0. The number of carbonyl (C=O) groups is 1. The highest BCUT2D eigenvalue weighted by molar-refractivity contribution is 5.76. The lowest BCUT2D eigenvalue weighted by Crippen LogP contribution is -2.36. The van der Waals surface area contributed by atoms with Crippen LogP contribution in [0.2, 0.25) is 0 Å². The average molecular weight is 188 g/mol. The molecule has 0 aromatic heterocycles. The first-order valence-corrected chi connectivity index (χ1v) is 4.84. The van der Waals surface area contributed by atoms with Crippen LogP contribution in [0.15, 0.2) is 0 Å². The first kappa shape index (κ1) is 12.4. The number of rotatable bonds is 7. The molecule has 4 N–H and O–H groups in total. The molecular formula is C9H20N2O2. The molecule has 0 heterocycles. The number of unbranched alkanes of at least 4 members (excludes halogenated alkanes) is 1. The Morgan fingerprint density at radius 3 is 2.69 bits per heavy atom. The Hall–Kier alpha value is -0.610. The fraction of sp³-hybridized carbons (Fsp3) is 0.889. The van der Waals surface area contributed by atoms with Crippen LogP contribution in [-0.2, 0) is 4.79 Å². The number of carbonyl (C=O) groups excluding carboxylic acids is 1. The minimum absolute atomic E-state index is 0.00866. The lowest BCUT2D eigenvalue weighted by Gasteiger charge is -2.13. The quantitative estimate of drug-likeness (QED) is 0.492. The smallest absolute Gasteiger partial charge is 0.220 e. The molecule has 0 saturated carbocycles. The van der Waals surface area contributed by atoms with Crippen molar-refractivity contribution < 1.29 is 9.90 Å². The van der Waals surface area contributed by atoms with Gasteiger partial charge < -0.3 is 16.2 Å². The molecule has 1 atom stereocenters. The molecule has 1 unspecified atom stereocenters. The van der Waals surface area contributed by atoms with Crippen LogP contribution in [0.1, 0.15) is 32.6 Å². The van der Waals surface area contributed by atoms with E-state index in [1.165, 1.54) is 0 Å². The monoisotopic (exact) mass is 188 g/mol. The Morgan fingerprint density at radius 2 is 2.23 bits per heavy atom. The van der Waals surface area contributed by atoms with Crippen molar-refractivity contribution in [3.8, 4) is 0 Å². The van der Waals surface area contributed by atoms with Crippen molar-refractivity contribution in [1.82, 2.24) is 5.32 Å². The van der Waals surface area contributed by atoms with Crippen LogP contribution < -0.4 is 11.1 Å². The predicted octanol–water partition coefficient (Wildman–Crippen LogP) is 0.00250. The Labute approximate surface area is 79.5 Å². The van der Waals surface area contributed by atoms with E-state index >= 15 is 0 Å². The molecule has 4 nitrogen and oxygen atoms in total. The summed E-state index contributed by atoms with van der Waals surface area (Å²) in [5, 5.41) is 11.6. The topological polar surface area (TPSA) is 75.3 Å². The van der Waals surface area contributed by atoms with E-state index in [9.17, 15) is 4.79 Å². The molecule has 4 heteroatoms. The number of aliphatic hydroxyl groups is 1. The zero-order valence-electron chi connectivity index (χ0n) is 8.25. The van der Waals surface area contributed by atoms with Gasteiger partial charge in [0.2, 0.25) is 5.91 Å². The van der Waals surface area contributed by atoms with E-state index in [1.807, 2.05) is 6.92 Å². The van der Waals surface area contributed by atoms with E-state index in [0.29, 0.717) is 13.0 Å². The summed E-state index contributed by atoms with van der Waals surface area (Å²) in [6, 6.07) is -0.0922. The standard InChI is InChI=1S/C9H20N2O2/c1-2-8(7-12)11-9(13)5-3-4-6-10/h8,12H,2-7,10H2,1H3,(H,11,13). The molecule has 0 aliphatic carbocycles. The molecule has 0 rings (SSSR count). The Morgan fingerprint density at radius 1 is 1.54 bits per heavy atom. The first-order valence-electron chi connectivity index (χ1n) is 4.84. The minimum Gasteiger partial charge on any atom is -0.394 e. The SMILES string of the molecule is CCC(CO)NC(=O)CCCCN. The molecule has 0 aliphatic rings. The van der Waals surface area contributed by atoms with E-state index in [2.05, 4.69) is 5.32 Å². The zero-order chi connectivity index (χ0) is 10.1. The summed E-state index contributed by atoms with van der Waals surface area (Å²) in [6.07, 6.45) is 2.97. The molecule has 0 fully saturated rings. The van der Waals surface area contributed by atoms with Crippen LogP contribution in [0.3, 0.4) is 0 Å². The summed E-state index contributed by atoms with van der Waals surface area (Å²) in [7, 11) is 0. The third-order valence-electron chi connectivity index (χ3n) is 1.94. The van der Waals surface area contributed by atoms with Crippen LogP contribution in [0.5, 0.6) is 0 Å². The van der Waals surface area contributed by atoms with E-state index in [4.69, 9.17) is 10.8 Å². The molecule has 0 bridgehead atoms. The van der Waals surface area contributed by atoms with Crippen molar-refractivity contribution in [2.24, 2.45) is 5.73 Å². The summed E-state index contributed by atoms with van der Waals surface area (Å²) in [5.74, 6) is 0.00866. The third-order valence-corrected chi connectivity index (χ3v) is 1.94. The number of nitrogens with one attached hydrogen (secondary N) is 1. The summed E-state index contributed by atoms with van der Waals surface area (Å²) < 4.78 is 0. The van der Waals surface area contributed by atoms with Crippen molar-refractivity contribution in [2.45, 2.75) is 38.6 Å². The molecule has 0 saturated heterocycles. The number of hydrogen-bond acceptors (Lipinski definition) is 3. The van der Waals surface area contributed by atoms with Crippen LogP contribution in [0.4, 0.5) is 0 Å². The lowest BCUT2D eigenvalue weighted by molar-refractivity contribution is -0.122. The fourth-order valence-electron chi connectivity index (χ4n) is 1.01. The normalized spacial score (nSPS) is 12.5. The number of aliphatic hydroxyl groups excluding tert-OH is 1. The molecule has 0 aromatic rings. The van der Waals surface area contributed by atoms with Gasteiger partial charge >= 0.3 is 0 Å². The lowest BCUT2D eigenvalue weighted by atomic mass is 10.2. The largest absolute Gasteiger partial charge is 0.394 e. The maximum atomic E-state index is 11.2. The van der Waals surface area contributed by atoms with E-state index in [1.54, 1.807) is 0 Å². The number of nitrogens with two attached hydrogens (primary N) is 1. The van der Waals surface area contributed by atoms with E-state index in [0.717, 1.165) is 19.3 Å². The Bertz CT molecular complexity index is 136. The third kappa shape index (κ3) is 6.54. The second kappa shape index (κ2) is 8.01. The summed E-state index contributed by atoms with van der Waals surface area (Å²) in [4.78, 5) is 11.2. The highest BCUT2D eigenvalue weighted by Crippen LogP contribution is 1.95. The van der Waals surface area contributed by atoms with Crippen LogP contribution >= 0.6 is 0 Å². The maximum absolute atomic E-state index is 11.2. The van der Waals surface area contributed by atoms with E-state index in [-0.39, 0.29) is 18.6 Å². The van der Waals surface area contributed by atoms with E-state index < -0.39 is 0 Å². The van der Waals surface area contributed by atoms with Gasteiger partial charge in [-0.1, -0.05) is 6.92 Å². The average Bonchev–Trinajstić information content (AvgIpc) is 2.14. The highest BCUT2D eigenvalue weighted by atomic mass is 16.3. The fourth-order valence-corrected chi connectivity index (χ4v) is 1.01. The second-order valence-corrected chi connectivity index (χ2v) is 3.10. The molecule has 13 heavy (non-hydrogen) atoms. The predicted molar refractivity (Wildman–Crippen MR) is 52.2 cm³/mol.